The van der Waals surface area contributed by atoms with Gasteiger partial charge in [0.05, 0.1) is 43.8 Å². The van der Waals surface area contributed by atoms with E-state index in [1.54, 1.807) is 11.0 Å². The smallest absolute Gasteiger partial charge is 0.233 e. The van der Waals surface area contributed by atoms with E-state index in [0.717, 1.165) is 22.3 Å². The highest BCUT2D eigenvalue weighted by Crippen LogP contribution is 2.29. The molecule has 3 aromatic rings. The summed E-state index contributed by atoms with van der Waals surface area (Å²) < 4.78 is 14.2. The molecule has 0 saturated heterocycles. The van der Waals surface area contributed by atoms with Crippen LogP contribution in [0.3, 0.4) is 0 Å². The minimum absolute atomic E-state index is 0.00646. The maximum atomic E-state index is 13.4. The maximum Gasteiger partial charge on any atom is 0.233 e. The lowest BCUT2D eigenvalue weighted by Crippen LogP contribution is -3.06. The average molecular weight is 358 g/mol. The second kappa shape index (κ2) is 7.72. The molecule has 4 nitrogen and oxygen atoms in total. The number of rotatable bonds is 6. The summed E-state index contributed by atoms with van der Waals surface area (Å²) in [6, 6.07) is 14.2. The molecule has 0 aliphatic heterocycles. The Morgan fingerprint density at radius 2 is 1.96 bits per heavy atom. The van der Waals surface area contributed by atoms with Gasteiger partial charge in [-0.15, -0.1) is 0 Å². The summed E-state index contributed by atoms with van der Waals surface area (Å²) in [5.41, 5.74) is 1.69. The van der Waals surface area contributed by atoms with Crippen molar-refractivity contribution in [3.8, 4) is 0 Å². The average Bonchev–Trinajstić information content (AvgIpc) is 2.98. The van der Waals surface area contributed by atoms with E-state index < -0.39 is 0 Å². The second-order valence-corrected chi connectivity index (χ2v) is 7.28. The number of nitrogens with zero attached hydrogens (tertiary/aromatic N) is 2. The van der Waals surface area contributed by atoms with Gasteiger partial charge in [0.15, 0.2) is 5.13 Å². The van der Waals surface area contributed by atoms with Gasteiger partial charge < -0.3 is 4.90 Å². The quantitative estimate of drug-likeness (QED) is 0.733. The molecule has 1 N–H and O–H groups in total. The molecule has 0 aliphatic rings. The number of halogens is 1. The molecule has 2 aromatic carbocycles. The molecule has 130 valence electrons. The SMILES string of the molecule is C[NH+](C)CCN(C(=O)Cc1ccccc1)c1nc2ccc(F)cc2s1. The first-order chi connectivity index (χ1) is 12.0. The van der Waals surface area contributed by atoms with Gasteiger partial charge in [0.25, 0.3) is 0 Å². The van der Waals surface area contributed by atoms with Crippen LogP contribution in [0.2, 0.25) is 0 Å². The number of hydrogen-bond acceptors (Lipinski definition) is 3. The lowest BCUT2D eigenvalue weighted by Gasteiger charge is -2.20. The minimum Gasteiger partial charge on any atom is -0.338 e. The highest BCUT2D eigenvalue weighted by atomic mass is 32.1. The molecular weight excluding hydrogens is 337 g/mol. The van der Waals surface area contributed by atoms with E-state index in [1.165, 1.54) is 28.4 Å². The Morgan fingerprint density at radius 1 is 1.20 bits per heavy atom. The summed E-state index contributed by atoms with van der Waals surface area (Å²) in [6.45, 7) is 1.39. The van der Waals surface area contributed by atoms with Crippen LogP contribution >= 0.6 is 11.3 Å². The van der Waals surface area contributed by atoms with E-state index in [2.05, 4.69) is 4.98 Å². The van der Waals surface area contributed by atoms with E-state index in [4.69, 9.17) is 0 Å². The van der Waals surface area contributed by atoms with Crippen LogP contribution in [0.15, 0.2) is 48.5 Å². The highest BCUT2D eigenvalue weighted by Gasteiger charge is 2.21. The summed E-state index contributed by atoms with van der Waals surface area (Å²) in [4.78, 5) is 20.4. The van der Waals surface area contributed by atoms with Crippen LogP contribution in [-0.4, -0.2) is 38.1 Å². The Kier molecular flexibility index (Phi) is 5.40. The van der Waals surface area contributed by atoms with Crippen molar-refractivity contribution in [3.05, 3.63) is 59.9 Å². The predicted molar refractivity (Wildman–Crippen MR) is 99.8 cm³/mol. The van der Waals surface area contributed by atoms with E-state index in [-0.39, 0.29) is 11.7 Å². The molecule has 3 rings (SSSR count). The molecule has 0 saturated carbocycles. The number of amides is 1. The van der Waals surface area contributed by atoms with Crippen molar-refractivity contribution in [3.63, 3.8) is 0 Å². The summed E-state index contributed by atoms with van der Waals surface area (Å²) in [7, 11) is 4.10. The van der Waals surface area contributed by atoms with Crippen LogP contribution < -0.4 is 9.80 Å². The number of benzene rings is 2. The van der Waals surface area contributed by atoms with Crippen molar-refractivity contribution in [2.75, 3.05) is 32.1 Å². The lowest BCUT2D eigenvalue weighted by atomic mass is 10.1. The number of anilines is 1. The van der Waals surface area contributed by atoms with E-state index in [9.17, 15) is 9.18 Å². The summed E-state index contributed by atoms with van der Waals surface area (Å²) in [6.07, 6.45) is 0.327. The first kappa shape index (κ1) is 17.5. The fourth-order valence-electron chi connectivity index (χ4n) is 2.53. The summed E-state index contributed by atoms with van der Waals surface area (Å²) in [5, 5.41) is 0.628. The molecule has 0 unspecified atom stereocenters. The van der Waals surface area contributed by atoms with Crippen LogP contribution in [-0.2, 0) is 11.2 Å². The van der Waals surface area contributed by atoms with Gasteiger partial charge in [-0.25, -0.2) is 9.37 Å². The van der Waals surface area contributed by atoms with Crippen molar-refractivity contribution in [1.82, 2.24) is 4.98 Å². The summed E-state index contributed by atoms with van der Waals surface area (Å²) >= 11 is 1.35. The van der Waals surface area contributed by atoms with Crippen molar-refractivity contribution in [1.29, 1.82) is 0 Å². The number of likely N-dealkylation sites (N-methyl/N-ethyl adjacent to an activating group) is 1. The molecular formula is C19H21FN3OS+. The Morgan fingerprint density at radius 3 is 2.68 bits per heavy atom. The Bertz CT molecular complexity index is 863. The number of aromatic nitrogens is 1. The number of fused-ring (bicyclic) bond motifs is 1. The standard InChI is InChI=1S/C19H20FN3OS/c1-22(2)10-11-23(18(24)12-14-6-4-3-5-7-14)19-21-16-9-8-15(20)13-17(16)25-19/h3-9,13H,10-12H2,1-2H3/p+1. The number of carbonyl (C=O) groups is 1. The predicted octanol–water partition coefficient (Wildman–Crippen LogP) is 2.16. The third-order valence-corrected chi connectivity index (χ3v) is 4.95. The third-order valence-electron chi connectivity index (χ3n) is 3.90. The number of carbonyl (C=O) groups excluding carboxylic acids is 1. The molecule has 0 atom stereocenters. The number of hydrogen-bond donors (Lipinski definition) is 1. The number of nitrogens with one attached hydrogen (secondary N) is 1. The zero-order valence-corrected chi connectivity index (χ0v) is 15.1. The second-order valence-electron chi connectivity index (χ2n) is 6.27. The summed E-state index contributed by atoms with van der Waals surface area (Å²) in [5.74, 6) is -0.283. The lowest BCUT2D eigenvalue weighted by molar-refractivity contribution is -0.856. The Labute approximate surface area is 150 Å². The van der Waals surface area contributed by atoms with Gasteiger partial charge in [0.1, 0.15) is 5.82 Å². The first-order valence-corrected chi connectivity index (χ1v) is 9.04. The van der Waals surface area contributed by atoms with Gasteiger partial charge >= 0.3 is 0 Å². The van der Waals surface area contributed by atoms with Crippen LogP contribution in [0.1, 0.15) is 5.56 Å². The number of quaternary nitrogens is 1. The highest BCUT2D eigenvalue weighted by molar-refractivity contribution is 7.22. The van der Waals surface area contributed by atoms with Gasteiger partial charge in [0, 0.05) is 0 Å². The first-order valence-electron chi connectivity index (χ1n) is 8.22. The molecule has 1 amide bonds. The molecule has 1 aromatic heterocycles. The molecule has 0 aliphatic carbocycles. The fourth-order valence-corrected chi connectivity index (χ4v) is 3.56. The van der Waals surface area contributed by atoms with E-state index >= 15 is 0 Å². The fraction of sp³-hybridized carbons (Fsp3) is 0.263. The van der Waals surface area contributed by atoms with Crippen molar-refractivity contribution >= 4 is 32.6 Å². The minimum atomic E-state index is -0.289. The van der Waals surface area contributed by atoms with Crippen LogP contribution in [0, 0.1) is 5.82 Å². The molecule has 0 spiro atoms. The van der Waals surface area contributed by atoms with Gasteiger partial charge in [-0.05, 0) is 23.8 Å². The van der Waals surface area contributed by atoms with Gasteiger partial charge in [-0.1, -0.05) is 41.7 Å². The topological polar surface area (TPSA) is 37.6 Å². The van der Waals surface area contributed by atoms with Crippen molar-refractivity contribution in [2.24, 2.45) is 0 Å². The van der Waals surface area contributed by atoms with Gasteiger partial charge in [-0.2, -0.15) is 0 Å². The van der Waals surface area contributed by atoms with Crippen molar-refractivity contribution < 1.29 is 14.1 Å². The molecule has 0 radical (unpaired) electrons. The van der Waals surface area contributed by atoms with Gasteiger partial charge in [0.2, 0.25) is 5.91 Å². The monoisotopic (exact) mass is 358 g/mol. The normalized spacial score (nSPS) is 11.2. The zero-order valence-electron chi connectivity index (χ0n) is 14.3. The molecule has 25 heavy (non-hydrogen) atoms. The van der Waals surface area contributed by atoms with E-state index in [0.29, 0.717) is 18.1 Å². The largest absolute Gasteiger partial charge is 0.338 e. The van der Waals surface area contributed by atoms with Crippen LogP contribution in [0.5, 0.6) is 0 Å². The van der Waals surface area contributed by atoms with Crippen LogP contribution in [0.25, 0.3) is 10.2 Å². The third kappa shape index (κ3) is 4.41. The maximum absolute atomic E-state index is 13.4. The zero-order chi connectivity index (χ0) is 17.8. The molecule has 0 bridgehead atoms. The Balaban J connectivity index is 1.88. The van der Waals surface area contributed by atoms with Crippen LogP contribution in [0.4, 0.5) is 9.52 Å². The van der Waals surface area contributed by atoms with Gasteiger partial charge in [-0.3, -0.25) is 9.69 Å². The van der Waals surface area contributed by atoms with E-state index in [1.807, 2.05) is 44.4 Å². The molecule has 6 heteroatoms. The molecule has 1 heterocycles. The number of thiazole rings is 1. The van der Waals surface area contributed by atoms with Crippen molar-refractivity contribution in [2.45, 2.75) is 6.42 Å². The Hall–Kier alpha value is -2.31. The molecule has 0 fully saturated rings.